The number of hydrogen-bond donors (Lipinski definition) is 0. The summed E-state index contributed by atoms with van der Waals surface area (Å²) in [5, 5.41) is 12.3. The van der Waals surface area contributed by atoms with Gasteiger partial charge < -0.3 is 4.57 Å². The van der Waals surface area contributed by atoms with Crippen molar-refractivity contribution in [2.24, 2.45) is 7.05 Å². The molecule has 1 aromatic carbocycles. The lowest BCUT2D eigenvalue weighted by Crippen LogP contribution is -1.95. The van der Waals surface area contributed by atoms with E-state index in [4.69, 9.17) is 0 Å². The average molecular weight is 320 g/mol. The van der Waals surface area contributed by atoms with Crippen molar-refractivity contribution in [3.8, 4) is 11.4 Å². The van der Waals surface area contributed by atoms with Gasteiger partial charge in [-0.2, -0.15) is 0 Å². The van der Waals surface area contributed by atoms with Crippen molar-refractivity contribution in [3.05, 3.63) is 46.2 Å². The summed E-state index contributed by atoms with van der Waals surface area (Å²) in [6.07, 6.45) is 0. The fourth-order valence-electron chi connectivity index (χ4n) is 1.90. The van der Waals surface area contributed by atoms with Crippen LogP contribution in [0.15, 0.2) is 34.8 Å². The minimum Gasteiger partial charge on any atom is -0.305 e. The van der Waals surface area contributed by atoms with E-state index < -0.39 is 0 Å². The minimum absolute atomic E-state index is 0.255. The second-order valence-electron chi connectivity index (χ2n) is 4.52. The minimum atomic E-state index is -0.255. The zero-order valence-corrected chi connectivity index (χ0v) is 13.2. The first-order chi connectivity index (χ1) is 10.1. The Morgan fingerprint density at radius 2 is 2.00 bits per heavy atom. The van der Waals surface area contributed by atoms with Gasteiger partial charge in [0.1, 0.15) is 5.82 Å². The summed E-state index contributed by atoms with van der Waals surface area (Å²) >= 11 is 3.24. The zero-order chi connectivity index (χ0) is 14.8. The summed E-state index contributed by atoms with van der Waals surface area (Å²) in [5.41, 5.74) is 1.90. The number of halogens is 1. The molecule has 0 radical (unpaired) electrons. The zero-order valence-electron chi connectivity index (χ0n) is 11.6. The largest absolute Gasteiger partial charge is 0.305 e. The standard InChI is InChI=1S/C14H13FN4S2/c1-9-16-12(7-20-9)8-21-14-18-17-13(19(14)2)10-3-5-11(15)6-4-10/h3-7H,8H2,1-2H3. The van der Waals surface area contributed by atoms with Gasteiger partial charge in [-0.25, -0.2) is 9.37 Å². The third kappa shape index (κ3) is 3.14. The van der Waals surface area contributed by atoms with Gasteiger partial charge in [-0.05, 0) is 31.2 Å². The maximum absolute atomic E-state index is 13.0. The van der Waals surface area contributed by atoms with Crippen LogP contribution in [-0.4, -0.2) is 19.7 Å². The van der Waals surface area contributed by atoms with Gasteiger partial charge in [0.05, 0.1) is 10.7 Å². The van der Waals surface area contributed by atoms with Gasteiger partial charge in [-0.15, -0.1) is 21.5 Å². The molecular formula is C14H13FN4S2. The molecule has 3 aromatic rings. The van der Waals surface area contributed by atoms with E-state index in [0.717, 1.165) is 33.0 Å². The Labute approximate surface area is 130 Å². The van der Waals surface area contributed by atoms with E-state index in [2.05, 4.69) is 20.6 Å². The summed E-state index contributed by atoms with van der Waals surface area (Å²) in [4.78, 5) is 4.43. The van der Waals surface area contributed by atoms with Crippen molar-refractivity contribution in [1.82, 2.24) is 19.7 Å². The van der Waals surface area contributed by atoms with Crippen molar-refractivity contribution >= 4 is 23.1 Å². The molecule has 3 rings (SSSR count). The van der Waals surface area contributed by atoms with E-state index in [-0.39, 0.29) is 5.82 Å². The quantitative estimate of drug-likeness (QED) is 0.688. The van der Waals surface area contributed by atoms with E-state index in [0.29, 0.717) is 0 Å². The predicted octanol–water partition coefficient (Wildman–Crippen LogP) is 3.68. The van der Waals surface area contributed by atoms with E-state index >= 15 is 0 Å². The van der Waals surface area contributed by atoms with Crippen LogP contribution in [0.3, 0.4) is 0 Å². The van der Waals surface area contributed by atoms with Crippen molar-refractivity contribution in [2.75, 3.05) is 0 Å². The molecule has 0 saturated carbocycles. The Bertz CT molecular complexity index is 749. The molecule has 0 aliphatic heterocycles. The van der Waals surface area contributed by atoms with Crippen LogP contribution in [0.2, 0.25) is 0 Å². The predicted molar refractivity (Wildman–Crippen MR) is 82.8 cm³/mol. The maximum atomic E-state index is 13.0. The Morgan fingerprint density at radius 3 is 2.67 bits per heavy atom. The monoisotopic (exact) mass is 320 g/mol. The van der Waals surface area contributed by atoms with Crippen molar-refractivity contribution < 1.29 is 4.39 Å². The molecule has 0 fully saturated rings. The highest BCUT2D eigenvalue weighted by Crippen LogP contribution is 2.25. The molecule has 0 aliphatic carbocycles. The molecule has 108 valence electrons. The van der Waals surface area contributed by atoms with Gasteiger partial charge in [-0.1, -0.05) is 11.8 Å². The summed E-state index contributed by atoms with van der Waals surface area (Å²) in [5.74, 6) is 1.24. The van der Waals surface area contributed by atoms with Crippen LogP contribution in [0.4, 0.5) is 4.39 Å². The van der Waals surface area contributed by atoms with E-state index in [1.165, 1.54) is 12.1 Å². The molecule has 7 heteroatoms. The summed E-state index contributed by atoms with van der Waals surface area (Å²) < 4.78 is 14.9. The van der Waals surface area contributed by atoms with Gasteiger partial charge in [0.25, 0.3) is 0 Å². The topological polar surface area (TPSA) is 43.6 Å². The fraction of sp³-hybridized carbons (Fsp3) is 0.214. The third-order valence-electron chi connectivity index (χ3n) is 2.95. The molecule has 0 unspecified atom stereocenters. The van der Waals surface area contributed by atoms with Gasteiger partial charge in [0.2, 0.25) is 0 Å². The lowest BCUT2D eigenvalue weighted by Gasteiger charge is -2.03. The molecule has 0 atom stereocenters. The molecule has 4 nitrogen and oxygen atoms in total. The van der Waals surface area contributed by atoms with Crippen molar-refractivity contribution in [1.29, 1.82) is 0 Å². The molecular weight excluding hydrogens is 307 g/mol. The Kier molecular flexibility index (Phi) is 4.03. The van der Waals surface area contributed by atoms with Crippen LogP contribution in [0, 0.1) is 12.7 Å². The number of rotatable bonds is 4. The van der Waals surface area contributed by atoms with Crippen LogP contribution < -0.4 is 0 Å². The molecule has 0 amide bonds. The number of hydrogen-bond acceptors (Lipinski definition) is 5. The Hall–Kier alpha value is -1.73. The number of aryl methyl sites for hydroxylation is 1. The van der Waals surface area contributed by atoms with E-state index in [9.17, 15) is 4.39 Å². The smallest absolute Gasteiger partial charge is 0.191 e. The van der Waals surface area contributed by atoms with Crippen molar-refractivity contribution in [3.63, 3.8) is 0 Å². The summed E-state index contributed by atoms with van der Waals surface area (Å²) in [6.45, 7) is 1.99. The van der Waals surface area contributed by atoms with E-state index in [1.54, 1.807) is 35.2 Å². The number of thioether (sulfide) groups is 1. The van der Waals surface area contributed by atoms with Crippen LogP contribution in [-0.2, 0) is 12.8 Å². The SMILES string of the molecule is Cc1nc(CSc2nnc(-c3ccc(F)cc3)n2C)cs1. The first-order valence-corrected chi connectivity index (χ1v) is 8.19. The highest BCUT2D eigenvalue weighted by molar-refractivity contribution is 7.98. The maximum Gasteiger partial charge on any atom is 0.191 e. The average Bonchev–Trinajstić information content (AvgIpc) is 3.04. The van der Waals surface area contributed by atoms with Crippen LogP contribution in [0.1, 0.15) is 10.7 Å². The summed E-state index contributed by atoms with van der Waals surface area (Å²) in [6, 6.07) is 6.26. The van der Waals surface area contributed by atoms with Crippen LogP contribution in [0.5, 0.6) is 0 Å². The van der Waals surface area contributed by atoms with Crippen molar-refractivity contribution in [2.45, 2.75) is 17.8 Å². The van der Waals surface area contributed by atoms with E-state index in [1.807, 2.05) is 18.5 Å². The highest BCUT2D eigenvalue weighted by atomic mass is 32.2. The Morgan fingerprint density at radius 1 is 1.24 bits per heavy atom. The fourth-order valence-corrected chi connectivity index (χ4v) is 3.43. The first-order valence-electron chi connectivity index (χ1n) is 6.32. The molecule has 2 aromatic heterocycles. The summed E-state index contributed by atoms with van der Waals surface area (Å²) in [7, 11) is 1.91. The van der Waals surface area contributed by atoms with Gasteiger partial charge >= 0.3 is 0 Å². The van der Waals surface area contributed by atoms with Gasteiger partial charge in [0.15, 0.2) is 11.0 Å². The third-order valence-corrected chi connectivity index (χ3v) is 4.83. The number of benzene rings is 1. The number of aromatic nitrogens is 4. The lowest BCUT2D eigenvalue weighted by atomic mass is 10.2. The highest BCUT2D eigenvalue weighted by Gasteiger charge is 2.12. The normalized spacial score (nSPS) is 11.0. The Balaban J connectivity index is 1.77. The molecule has 2 heterocycles. The molecule has 0 spiro atoms. The second-order valence-corrected chi connectivity index (χ2v) is 6.52. The second kappa shape index (κ2) is 5.95. The molecule has 0 bridgehead atoms. The lowest BCUT2D eigenvalue weighted by molar-refractivity contribution is 0.628. The molecule has 0 N–H and O–H groups in total. The molecule has 0 aliphatic rings. The van der Waals surface area contributed by atoms with Gasteiger partial charge in [-0.3, -0.25) is 0 Å². The van der Waals surface area contributed by atoms with Gasteiger partial charge in [0, 0.05) is 23.7 Å². The molecule has 0 saturated heterocycles. The van der Waals surface area contributed by atoms with Crippen LogP contribution in [0.25, 0.3) is 11.4 Å². The number of nitrogens with zero attached hydrogens (tertiary/aromatic N) is 4. The molecule has 21 heavy (non-hydrogen) atoms. The first kappa shape index (κ1) is 14.2. The number of thiazole rings is 1. The van der Waals surface area contributed by atoms with Crippen LogP contribution >= 0.6 is 23.1 Å².